The fourth-order valence-corrected chi connectivity index (χ4v) is 2.69. The van der Waals surface area contributed by atoms with Crippen LogP contribution in [0.4, 0.5) is 5.69 Å². The van der Waals surface area contributed by atoms with Crippen LogP contribution in [0.2, 0.25) is 0 Å². The molecule has 1 aliphatic heterocycles. The maximum Gasteiger partial charge on any atom is 0.128 e. The number of ether oxygens (including phenoxy) is 2. The third kappa shape index (κ3) is 2.84. The molecule has 2 aromatic carbocycles. The van der Waals surface area contributed by atoms with E-state index in [1.165, 1.54) is 5.56 Å². The molecular weight excluding hydrogens is 276 g/mol. The van der Waals surface area contributed by atoms with Gasteiger partial charge in [-0.15, -0.1) is 0 Å². The van der Waals surface area contributed by atoms with Crippen molar-refractivity contribution in [2.24, 2.45) is 0 Å². The zero-order valence-corrected chi connectivity index (χ0v) is 12.7. The maximum atomic E-state index is 8.82. The van der Waals surface area contributed by atoms with Crippen LogP contribution in [0.15, 0.2) is 36.4 Å². The van der Waals surface area contributed by atoms with Gasteiger partial charge in [0.05, 0.1) is 18.7 Å². The summed E-state index contributed by atoms with van der Waals surface area (Å²) in [4.78, 5) is 0. The Morgan fingerprint density at radius 3 is 2.77 bits per heavy atom. The number of methoxy groups -OCH3 is 1. The van der Waals surface area contributed by atoms with Crippen molar-refractivity contribution in [3.8, 4) is 17.6 Å². The van der Waals surface area contributed by atoms with Crippen molar-refractivity contribution in [1.29, 1.82) is 5.26 Å². The highest BCUT2D eigenvalue weighted by Gasteiger charge is 2.23. The van der Waals surface area contributed by atoms with Gasteiger partial charge in [0.25, 0.3) is 0 Å². The lowest BCUT2D eigenvalue weighted by Crippen LogP contribution is -2.07. The number of nitrogens with one attached hydrogen (secondary N) is 1. The molecule has 22 heavy (non-hydrogen) atoms. The number of benzene rings is 2. The number of rotatable bonds is 4. The molecule has 1 aliphatic rings. The lowest BCUT2D eigenvalue weighted by atomic mass is 10.1. The van der Waals surface area contributed by atoms with Crippen LogP contribution in [0.5, 0.6) is 11.5 Å². The number of hydrogen-bond donors (Lipinski definition) is 1. The predicted octanol–water partition coefficient (Wildman–Crippen LogP) is 3.50. The Bertz CT molecular complexity index is 717. The highest BCUT2D eigenvalue weighted by atomic mass is 16.5. The van der Waals surface area contributed by atoms with Gasteiger partial charge in [0, 0.05) is 29.8 Å². The normalized spacial score (nSPS) is 15.6. The molecule has 1 unspecified atom stereocenters. The lowest BCUT2D eigenvalue weighted by molar-refractivity contribution is 0.252. The quantitative estimate of drug-likeness (QED) is 0.937. The Kier molecular flexibility index (Phi) is 3.88. The summed E-state index contributed by atoms with van der Waals surface area (Å²) in [5.41, 5.74) is 3.91. The second-order valence-corrected chi connectivity index (χ2v) is 5.45. The molecule has 4 nitrogen and oxygen atoms in total. The first kappa shape index (κ1) is 14.3. The molecule has 0 spiro atoms. The third-order valence-electron chi connectivity index (χ3n) is 3.78. The van der Waals surface area contributed by atoms with E-state index in [0.717, 1.165) is 29.2 Å². The minimum Gasteiger partial charge on any atom is -0.497 e. The summed E-state index contributed by atoms with van der Waals surface area (Å²) in [5, 5.41) is 12.2. The van der Waals surface area contributed by atoms with Crippen LogP contribution in [0.1, 0.15) is 23.6 Å². The molecule has 0 bridgehead atoms. The molecule has 2 aromatic rings. The topological polar surface area (TPSA) is 54.3 Å². The van der Waals surface area contributed by atoms with Gasteiger partial charge in [-0.3, -0.25) is 0 Å². The van der Waals surface area contributed by atoms with Gasteiger partial charge in [-0.05, 0) is 43.3 Å². The van der Waals surface area contributed by atoms with Gasteiger partial charge >= 0.3 is 0 Å². The fraction of sp³-hybridized carbons (Fsp3) is 0.278. The first-order valence-electron chi connectivity index (χ1n) is 7.30. The van der Waals surface area contributed by atoms with Gasteiger partial charge < -0.3 is 14.8 Å². The van der Waals surface area contributed by atoms with Gasteiger partial charge in [-0.25, -0.2) is 0 Å². The Labute approximate surface area is 130 Å². The molecule has 0 amide bonds. The van der Waals surface area contributed by atoms with E-state index in [1.807, 2.05) is 24.3 Å². The average Bonchev–Trinajstić information content (AvgIpc) is 2.93. The van der Waals surface area contributed by atoms with Crippen molar-refractivity contribution in [2.45, 2.75) is 26.0 Å². The number of nitrogens with zero attached hydrogens (tertiary/aromatic N) is 1. The van der Waals surface area contributed by atoms with Crippen LogP contribution in [0.3, 0.4) is 0 Å². The number of fused-ring (bicyclic) bond motifs is 1. The molecule has 1 heterocycles. The van der Waals surface area contributed by atoms with Crippen molar-refractivity contribution in [3.63, 3.8) is 0 Å². The van der Waals surface area contributed by atoms with E-state index in [0.29, 0.717) is 12.1 Å². The molecule has 3 rings (SSSR count). The first-order chi connectivity index (χ1) is 10.7. The average molecular weight is 294 g/mol. The first-order valence-corrected chi connectivity index (χ1v) is 7.30. The summed E-state index contributed by atoms with van der Waals surface area (Å²) >= 11 is 0. The van der Waals surface area contributed by atoms with Crippen molar-refractivity contribution >= 4 is 5.69 Å². The van der Waals surface area contributed by atoms with Crippen LogP contribution in [-0.2, 0) is 13.0 Å². The highest BCUT2D eigenvalue weighted by Crippen LogP contribution is 2.36. The van der Waals surface area contributed by atoms with Gasteiger partial charge in [0.1, 0.15) is 17.6 Å². The van der Waals surface area contributed by atoms with Crippen LogP contribution in [0, 0.1) is 11.3 Å². The molecule has 0 saturated heterocycles. The smallest absolute Gasteiger partial charge is 0.128 e. The largest absolute Gasteiger partial charge is 0.497 e. The molecule has 0 fully saturated rings. The van der Waals surface area contributed by atoms with Crippen molar-refractivity contribution < 1.29 is 9.47 Å². The van der Waals surface area contributed by atoms with E-state index in [9.17, 15) is 0 Å². The van der Waals surface area contributed by atoms with Gasteiger partial charge in [-0.1, -0.05) is 0 Å². The number of nitriles is 1. The lowest BCUT2D eigenvalue weighted by Gasteiger charge is -2.13. The molecular formula is C18H18N2O2. The molecule has 1 N–H and O–H groups in total. The Morgan fingerprint density at radius 1 is 1.32 bits per heavy atom. The number of anilines is 1. The standard InChI is InChI=1S/C18H18N2O2/c1-12-7-14-8-17(21-2)9-15(18(14)22-12)11-20-16-5-3-13(10-19)4-6-16/h3-6,8-9,12,20H,7,11H2,1-2H3. The van der Waals surface area contributed by atoms with E-state index in [2.05, 4.69) is 18.3 Å². The Morgan fingerprint density at radius 2 is 2.09 bits per heavy atom. The summed E-state index contributed by atoms with van der Waals surface area (Å²) in [6.07, 6.45) is 1.12. The molecule has 4 heteroatoms. The second-order valence-electron chi connectivity index (χ2n) is 5.45. The highest BCUT2D eigenvalue weighted by molar-refractivity contribution is 5.53. The van der Waals surface area contributed by atoms with E-state index in [-0.39, 0.29) is 6.10 Å². The van der Waals surface area contributed by atoms with E-state index >= 15 is 0 Å². The molecule has 0 aliphatic carbocycles. The Balaban J connectivity index is 1.80. The molecule has 0 aromatic heterocycles. The van der Waals surface area contributed by atoms with E-state index in [1.54, 1.807) is 19.2 Å². The summed E-state index contributed by atoms with van der Waals surface area (Å²) in [7, 11) is 1.68. The monoisotopic (exact) mass is 294 g/mol. The zero-order chi connectivity index (χ0) is 15.5. The van der Waals surface area contributed by atoms with Crippen LogP contribution >= 0.6 is 0 Å². The van der Waals surface area contributed by atoms with Crippen molar-refractivity contribution in [3.05, 3.63) is 53.1 Å². The minimum atomic E-state index is 0.204. The van der Waals surface area contributed by atoms with Gasteiger partial charge in [0.15, 0.2) is 0 Å². The SMILES string of the molecule is COc1cc(CNc2ccc(C#N)cc2)c2c(c1)CC(C)O2. The third-order valence-corrected chi connectivity index (χ3v) is 3.78. The number of hydrogen-bond acceptors (Lipinski definition) is 4. The van der Waals surface area contributed by atoms with Crippen LogP contribution < -0.4 is 14.8 Å². The van der Waals surface area contributed by atoms with E-state index in [4.69, 9.17) is 14.7 Å². The van der Waals surface area contributed by atoms with Gasteiger partial charge in [0.2, 0.25) is 0 Å². The zero-order valence-electron chi connectivity index (χ0n) is 12.7. The van der Waals surface area contributed by atoms with Crippen LogP contribution in [0.25, 0.3) is 0 Å². The van der Waals surface area contributed by atoms with Gasteiger partial charge in [-0.2, -0.15) is 5.26 Å². The second kappa shape index (κ2) is 5.98. The van der Waals surface area contributed by atoms with Crippen molar-refractivity contribution in [2.75, 3.05) is 12.4 Å². The molecule has 0 radical (unpaired) electrons. The molecule has 1 atom stereocenters. The van der Waals surface area contributed by atoms with E-state index < -0.39 is 0 Å². The summed E-state index contributed by atoms with van der Waals surface area (Å²) in [6.45, 7) is 2.72. The Hall–Kier alpha value is -2.67. The summed E-state index contributed by atoms with van der Waals surface area (Å²) in [6, 6.07) is 13.6. The van der Waals surface area contributed by atoms with Crippen LogP contribution in [-0.4, -0.2) is 13.2 Å². The molecule has 0 saturated carbocycles. The summed E-state index contributed by atoms with van der Waals surface area (Å²) in [5.74, 6) is 1.82. The maximum absolute atomic E-state index is 8.82. The fourth-order valence-electron chi connectivity index (χ4n) is 2.69. The predicted molar refractivity (Wildman–Crippen MR) is 85.3 cm³/mol. The minimum absolute atomic E-state index is 0.204. The summed E-state index contributed by atoms with van der Waals surface area (Å²) < 4.78 is 11.3. The van der Waals surface area contributed by atoms with Crippen molar-refractivity contribution in [1.82, 2.24) is 0 Å². The molecule has 112 valence electrons.